The minimum Gasteiger partial charge on any atom is -0.315 e. The topological polar surface area (TPSA) is 24.1 Å². The van der Waals surface area contributed by atoms with E-state index in [0.717, 1.165) is 31.6 Å². The van der Waals surface area contributed by atoms with Crippen LogP contribution in [0.2, 0.25) is 5.02 Å². The summed E-state index contributed by atoms with van der Waals surface area (Å²) in [6.45, 7) is 3.05. The molecule has 2 nitrogen and oxygen atoms in total. The van der Waals surface area contributed by atoms with E-state index in [2.05, 4.69) is 10.6 Å². The highest BCUT2D eigenvalue weighted by atomic mass is 35.5. The third-order valence-corrected chi connectivity index (χ3v) is 3.42. The Bertz CT molecular complexity index is 364. The fourth-order valence-corrected chi connectivity index (χ4v) is 2.34. The van der Waals surface area contributed by atoms with E-state index in [1.165, 1.54) is 18.9 Å². The number of rotatable bonds is 5. The van der Waals surface area contributed by atoms with Gasteiger partial charge in [0, 0.05) is 12.6 Å². The summed E-state index contributed by atoms with van der Waals surface area (Å²) in [6.07, 6.45) is 3.42. The maximum Gasteiger partial charge on any atom is 0.141 e. The van der Waals surface area contributed by atoms with Gasteiger partial charge in [-0.25, -0.2) is 4.39 Å². The molecule has 0 aromatic heterocycles. The van der Waals surface area contributed by atoms with E-state index < -0.39 is 0 Å². The summed E-state index contributed by atoms with van der Waals surface area (Å²) in [4.78, 5) is 0. The van der Waals surface area contributed by atoms with Gasteiger partial charge >= 0.3 is 0 Å². The monoisotopic (exact) mass is 256 g/mol. The second-order valence-corrected chi connectivity index (χ2v) is 4.90. The van der Waals surface area contributed by atoms with Crippen LogP contribution in [0.1, 0.15) is 18.4 Å². The van der Waals surface area contributed by atoms with Gasteiger partial charge in [0.25, 0.3) is 0 Å². The molecule has 1 fully saturated rings. The Labute approximate surface area is 107 Å². The lowest BCUT2D eigenvalue weighted by atomic mass is 10.1. The van der Waals surface area contributed by atoms with Gasteiger partial charge in [-0.1, -0.05) is 17.7 Å². The van der Waals surface area contributed by atoms with Gasteiger partial charge in [-0.2, -0.15) is 0 Å². The molecule has 4 heteroatoms. The fourth-order valence-electron chi connectivity index (χ4n) is 2.14. The smallest absolute Gasteiger partial charge is 0.141 e. The first-order chi connectivity index (χ1) is 8.25. The molecule has 1 aromatic carbocycles. The van der Waals surface area contributed by atoms with Gasteiger partial charge in [0.1, 0.15) is 5.82 Å². The molecule has 0 amide bonds. The molecule has 1 aromatic rings. The van der Waals surface area contributed by atoms with Crippen LogP contribution in [0.4, 0.5) is 4.39 Å². The summed E-state index contributed by atoms with van der Waals surface area (Å²) >= 11 is 5.72. The molecule has 0 bridgehead atoms. The summed E-state index contributed by atoms with van der Waals surface area (Å²) in [5.41, 5.74) is 1.07. The third-order valence-electron chi connectivity index (χ3n) is 3.13. The fraction of sp³-hybridized carbons (Fsp3) is 0.538. The molecule has 0 spiro atoms. The summed E-state index contributed by atoms with van der Waals surface area (Å²) in [5.74, 6) is -0.349. The van der Waals surface area contributed by atoms with Crippen molar-refractivity contribution in [3.8, 4) is 0 Å². The van der Waals surface area contributed by atoms with E-state index >= 15 is 0 Å². The van der Waals surface area contributed by atoms with E-state index in [9.17, 15) is 4.39 Å². The Morgan fingerprint density at radius 3 is 3.06 bits per heavy atom. The number of halogens is 2. The molecule has 1 aliphatic heterocycles. The molecule has 0 saturated carbocycles. The molecule has 1 unspecified atom stereocenters. The quantitative estimate of drug-likeness (QED) is 0.791. The molecular formula is C13H18ClFN2. The Balaban J connectivity index is 1.68. The summed E-state index contributed by atoms with van der Waals surface area (Å²) in [6, 6.07) is 5.53. The van der Waals surface area contributed by atoms with Crippen molar-refractivity contribution in [3.63, 3.8) is 0 Å². The van der Waals surface area contributed by atoms with Crippen molar-refractivity contribution < 1.29 is 4.39 Å². The summed E-state index contributed by atoms with van der Waals surface area (Å²) in [7, 11) is 0. The second kappa shape index (κ2) is 6.34. The lowest BCUT2D eigenvalue weighted by molar-refractivity contribution is 0.537. The van der Waals surface area contributed by atoms with Gasteiger partial charge in [-0.05, 0) is 50.0 Å². The van der Waals surface area contributed by atoms with Crippen LogP contribution in [0.25, 0.3) is 0 Å². The first kappa shape index (κ1) is 12.8. The van der Waals surface area contributed by atoms with Crippen LogP contribution in [-0.2, 0) is 6.42 Å². The summed E-state index contributed by atoms with van der Waals surface area (Å²) < 4.78 is 12.9. The van der Waals surface area contributed by atoms with Crippen molar-refractivity contribution in [2.75, 3.05) is 19.6 Å². The Hall–Kier alpha value is -0.640. The van der Waals surface area contributed by atoms with Crippen LogP contribution in [0.3, 0.4) is 0 Å². The molecule has 17 heavy (non-hydrogen) atoms. The maximum atomic E-state index is 12.9. The van der Waals surface area contributed by atoms with Crippen LogP contribution in [0.15, 0.2) is 18.2 Å². The van der Waals surface area contributed by atoms with Crippen molar-refractivity contribution in [1.82, 2.24) is 10.6 Å². The van der Waals surface area contributed by atoms with Crippen molar-refractivity contribution in [1.29, 1.82) is 0 Å². The van der Waals surface area contributed by atoms with Gasteiger partial charge < -0.3 is 10.6 Å². The first-order valence-corrected chi connectivity index (χ1v) is 6.51. The molecule has 2 rings (SSSR count). The zero-order valence-electron chi connectivity index (χ0n) is 9.81. The van der Waals surface area contributed by atoms with Crippen LogP contribution in [0.5, 0.6) is 0 Å². The largest absolute Gasteiger partial charge is 0.315 e. The molecule has 1 heterocycles. The van der Waals surface area contributed by atoms with E-state index in [4.69, 9.17) is 11.6 Å². The molecule has 0 radical (unpaired) electrons. The number of hydrogen-bond acceptors (Lipinski definition) is 2. The van der Waals surface area contributed by atoms with Gasteiger partial charge in [0.15, 0.2) is 0 Å². The summed E-state index contributed by atoms with van der Waals surface area (Å²) in [5, 5.41) is 7.06. The highest BCUT2D eigenvalue weighted by Gasteiger charge is 2.12. The van der Waals surface area contributed by atoms with E-state index in [1.54, 1.807) is 12.1 Å². The molecule has 1 saturated heterocycles. The van der Waals surface area contributed by atoms with Crippen LogP contribution in [-0.4, -0.2) is 25.7 Å². The maximum absolute atomic E-state index is 12.9. The minimum atomic E-state index is -0.349. The van der Waals surface area contributed by atoms with E-state index in [-0.39, 0.29) is 10.8 Å². The Morgan fingerprint density at radius 1 is 1.47 bits per heavy atom. The minimum absolute atomic E-state index is 0.208. The van der Waals surface area contributed by atoms with Gasteiger partial charge in [-0.3, -0.25) is 0 Å². The average molecular weight is 257 g/mol. The van der Waals surface area contributed by atoms with Crippen molar-refractivity contribution in [3.05, 3.63) is 34.6 Å². The molecule has 94 valence electrons. The van der Waals surface area contributed by atoms with E-state index in [1.807, 2.05) is 0 Å². The average Bonchev–Trinajstić information content (AvgIpc) is 2.82. The molecule has 2 N–H and O–H groups in total. The van der Waals surface area contributed by atoms with Crippen LogP contribution in [0, 0.1) is 5.82 Å². The lowest BCUT2D eigenvalue weighted by Crippen LogP contribution is -2.34. The molecular weight excluding hydrogens is 239 g/mol. The van der Waals surface area contributed by atoms with Crippen molar-refractivity contribution >= 4 is 11.6 Å². The van der Waals surface area contributed by atoms with Crippen molar-refractivity contribution in [2.45, 2.75) is 25.3 Å². The number of benzene rings is 1. The second-order valence-electron chi connectivity index (χ2n) is 4.50. The van der Waals surface area contributed by atoms with Gasteiger partial charge in [0.2, 0.25) is 0 Å². The lowest BCUT2D eigenvalue weighted by Gasteiger charge is -2.11. The number of nitrogens with one attached hydrogen (secondary N) is 2. The first-order valence-electron chi connectivity index (χ1n) is 6.14. The Morgan fingerprint density at radius 2 is 2.35 bits per heavy atom. The van der Waals surface area contributed by atoms with E-state index in [0.29, 0.717) is 6.04 Å². The zero-order valence-corrected chi connectivity index (χ0v) is 10.6. The number of hydrogen-bond donors (Lipinski definition) is 2. The highest BCUT2D eigenvalue weighted by Crippen LogP contribution is 2.16. The van der Waals surface area contributed by atoms with Crippen LogP contribution >= 0.6 is 11.6 Å². The Kier molecular flexibility index (Phi) is 4.77. The highest BCUT2D eigenvalue weighted by molar-refractivity contribution is 6.30. The van der Waals surface area contributed by atoms with Crippen LogP contribution < -0.4 is 10.6 Å². The SMILES string of the molecule is Fc1ccc(CCNCC2CCCN2)cc1Cl. The molecule has 0 aliphatic carbocycles. The van der Waals surface area contributed by atoms with Crippen molar-refractivity contribution in [2.24, 2.45) is 0 Å². The third kappa shape index (κ3) is 3.95. The molecule has 1 atom stereocenters. The molecule has 1 aliphatic rings. The van der Waals surface area contributed by atoms with Gasteiger partial charge in [-0.15, -0.1) is 0 Å². The van der Waals surface area contributed by atoms with Gasteiger partial charge in [0.05, 0.1) is 5.02 Å². The predicted molar refractivity (Wildman–Crippen MR) is 69.0 cm³/mol. The predicted octanol–water partition coefficient (Wildman–Crippen LogP) is 2.36. The zero-order chi connectivity index (χ0) is 12.1. The standard InChI is InChI=1S/C13H18ClFN2/c14-12-8-10(3-4-13(12)15)5-7-16-9-11-2-1-6-17-11/h3-4,8,11,16-17H,1-2,5-7,9H2. The normalized spacial score (nSPS) is 19.8.